The molecule has 0 aliphatic carbocycles. The van der Waals surface area contributed by atoms with E-state index in [-0.39, 0.29) is 11.3 Å². The molecule has 1 atom stereocenters. The molecular weight excluding hydrogens is 219 g/mol. The molecule has 0 aromatic heterocycles. The molecule has 3 nitrogen and oxygen atoms in total. The maximum Gasteiger partial charge on any atom is 0.172 e. The number of ketones is 1. The number of piperidine rings is 1. The molecule has 0 spiro atoms. The van der Waals surface area contributed by atoms with E-state index in [2.05, 4.69) is 19.4 Å². The topological polar surface area (TPSA) is 32.3 Å². The number of rotatable bonds is 4. The largest absolute Gasteiger partial charge is 0.296 e. The molecular formula is C12H25N2OP. The van der Waals surface area contributed by atoms with Crippen LogP contribution >= 0.6 is 9.39 Å². The zero-order valence-electron chi connectivity index (χ0n) is 11.0. The lowest BCUT2D eigenvalue weighted by molar-refractivity contribution is -0.135. The first-order valence-corrected chi connectivity index (χ1v) is 6.68. The molecule has 1 heterocycles. The predicted octanol–water partition coefficient (Wildman–Crippen LogP) is 1.98. The van der Waals surface area contributed by atoms with Crippen molar-refractivity contribution >= 4 is 15.2 Å². The molecule has 1 saturated heterocycles. The third-order valence-corrected chi connectivity index (χ3v) is 4.35. The van der Waals surface area contributed by atoms with Crippen molar-refractivity contribution in [1.82, 2.24) is 9.99 Å². The zero-order chi connectivity index (χ0) is 12.4. The van der Waals surface area contributed by atoms with E-state index >= 15 is 0 Å². The molecule has 1 aliphatic heterocycles. The number of Topliss-reactive ketones (excluding diaryl/α,β-unsaturated/α-hetero) is 1. The standard InChI is InChI=1S/C12H25N2OP/c1-11(2,13-16)10(15)12(3,4)14-8-6-5-7-9-14/h13H,5-9,16H2,1-4H3. The van der Waals surface area contributed by atoms with Crippen LogP contribution in [-0.2, 0) is 4.79 Å². The number of carbonyl (C=O) groups is 1. The van der Waals surface area contributed by atoms with Crippen molar-refractivity contribution in [3.63, 3.8) is 0 Å². The molecule has 1 rings (SSSR count). The van der Waals surface area contributed by atoms with Gasteiger partial charge in [-0.25, -0.2) is 0 Å². The molecule has 0 aromatic carbocycles. The van der Waals surface area contributed by atoms with Gasteiger partial charge in [0.05, 0.1) is 11.1 Å². The van der Waals surface area contributed by atoms with Gasteiger partial charge in [0.2, 0.25) is 0 Å². The van der Waals surface area contributed by atoms with Gasteiger partial charge in [-0.05, 0) is 53.6 Å². The first-order chi connectivity index (χ1) is 7.32. The van der Waals surface area contributed by atoms with Gasteiger partial charge in [-0.15, -0.1) is 0 Å². The van der Waals surface area contributed by atoms with Gasteiger partial charge < -0.3 is 0 Å². The Bertz CT molecular complexity index is 258. The van der Waals surface area contributed by atoms with Crippen LogP contribution in [0.4, 0.5) is 0 Å². The molecule has 0 saturated carbocycles. The lowest BCUT2D eigenvalue weighted by Crippen LogP contribution is -2.60. The maximum atomic E-state index is 12.5. The summed E-state index contributed by atoms with van der Waals surface area (Å²) in [6.07, 6.45) is 3.73. The summed E-state index contributed by atoms with van der Waals surface area (Å²) in [7, 11) is 2.45. The van der Waals surface area contributed by atoms with E-state index in [1.807, 2.05) is 27.7 Å². The SMILES string of the molecule is CC(C)(NP)C(=O)C(C)(C)N1CCCCC1. The van der Waals surface area contributed by atoms with E-state index in [0.29, 0.717) is 0 Å². The van der Waals surface area contributed by atoms with Gasteiger partial charge in [0.1, 0.15) is 0 Å². The Kier molecular flexibility index (Phi) is 4.50. The van der Waals surface area contributed by atoms with Crippen LogP contribution in [0.15, 0.2) is 0 Å². The highest BCUT2D eigenvalue weighted by molar-refractivity contribution is 7.13. The van der Waals surface area contributed by atoms with E-state index < -0.39 is 5.54 Å². The number of nitrogens with zero attached hydrogens (tertiary/aromatic N) is 1. The maximum absolute atomic E-state index is 12.5. The smallest absolute Gasteiger partial charge is 0.172 e. The highest BCUT2D eigenvalue weighted by Crippen LogP contribution is 2.26. The molecule has 0 bridgehead atoms. The minimum atomic E-state index is -0.481. The average Bonchev–Trinajstić information content (AvgIpc) is 2.29. The lowest BCUT2D eigenvalue weighted by Gasteiger charge is -2.43. The van der Waals surface area contributed by atoms with Crippen molar-refractivity contribution in [2.45, 2.75) is 58.0 Å². The molecule has 16 heavy (non-hydrogen) atoms. The minimum absolute atomic E-state index is 0.261. The third-order valence-electron chi connectivity index (χ3n) is 3.63. The highest BCUT2D eigenvalue weighted by Gasteiger charge is 2.42. The fourth-order valence-corrected chi connectivity index (χ4v) is 2.56. The summed E-state index contributed by atoms with van der Waals surface area (Å²) in [5.41, 5.74) is -0.848. The zero-order valence-corrected chi connectivity index (χ0v) is 12.1. The van der Waals surface area contributed by atoms with E-state index in [0.717, 1.165) is 13.1 Å². The first-order valence-electron chi connectivity index (χ1n) is 6.10. The van der Waals surface area contributed by atoms with E-state index in [1.165, 1.54) is 19.3 Å². The average molecular weight is 244 g/mol. The van der Waals surface area contributed by atoms with Crippen molar-refractivity contribution in [3.8, 4) is 0 Å². The molecule has 0 amide bonds. The van der Waals surface area contributed by atoms with Gasteiger partial charge in [-0.1, -0.05) is 15.8 Å². The van der Waals surface area contributed by atoms with E-state index in [9.17, 15) is 4.79 Å². The number of carbonyl (C=O) groups excluding carboxylic acids is 1. The van der Waals surface area contributed by atoms with Crippen molar-refractivity contribution in [1.29, 1.82) is 0 Å². The molecule has 94 valence electrons. The Morgan fingerprint density at radius 1 is 1.12 bits per heavy atom. The van der Waals surface area contributed by atoms with Crippen molar-refractivity contribution < 1.29 is 4.79 Å². The van der Waals surface area contributed by atoms with Crippen LogP contribution in [0.2, 0.25) is 0 Å². The fraction of sp³-hybridized carbons (Fsp3) is 0.917. The lowest BCUT2D eigenvalue weighted by atomic mass is 9.83. The van der Waals surface area contributed by atoms with E-state index in [4.69, 9.17) is 0 Å². The number of likely N-dealkylation sites (tertiary alicyclic amines) is 1. The monoisotopic (exact) mass is 244 g/mol. The number of hydrogen-bond donors (Lipinski definition) is 1. The Morgan fingerprint density at radius 2 is 1.62 bits per heavy atom. The molecule has 1 unspecified atom stereocenters. The summed E-state index contributed by atoms with van der Waals surface area (Å²) >= 11 is 0. The van der Waals surface area contributed by atoms with Gasteiger partial charge in [-0.3, -0.25) is 14.8 Å². The van der Waals surface area contributed by atoms with Crippen LogP contribution in [0.25, 0.3) is 0 Å². The predicted molar refractivity (Wildman–Crippen MR) is 71.4 cm³/mol. The minimum Gasteiger partial charge on any atom is -0.296 e. The van der Waals surface area contributed by atoms with Crippen LogP contribution in [0, 0.1) is 0 Å². The Morgan fingerprint density at radius 3 is 2.06 bits per heavy atom. The quantitative estimate of drug-likeness (QED) is 0.767. The first kappa shape index (κ1) is 14.1. The summed E-state index contributed by atoms with van der Waals surface area (Å²) in [5, 5.41) is 3.03. The summed E-state index contributed by atoms with van der Waals surface area (Å²) in [4.78, 5) is 14.8. The third kappa shape index (κ3) is 2.82. The summed E-state index contributed by atoms with van der Waals surface area (Å²) in [6, 6.07) is 0. The second-order valence-corrected chi connectivity index (χ2v) is 5.99. The van der Waals surface area contributed by atoms with Crippen molar-refractivity contribution in [2.75, 3.05) is 13.1 Å². The van der Waals surface area contributed by atoms with Crippen LogP contribution in [0.1, 0.15) is 47.0 Å². The van der Waals surface area contributed by atoms with Crippen molar-refractivity contribution in [3.05, 3.63) is 0 Å². The van der Waals surface area contributed by atoms with Crippen LogP contribution in [-0.4, -0.2) is 34.9 Å². The number of nitrogens with one attached hydrogen (secondary N) is 1. The van der Waals surface area contributed by atoms with Crippen molar-refractivity contribution in [2.24, 2.45) is 0 Å². The second kappa shape index (κ2) is 5.12. The molecule has 4 heteroatoms. The molecule has 0 aromatic rings. The molecule has 0 radical (unpaired) electrons. The Hall–Kier alpha value is 0.0200. The normalized spacial score (nSPS) is 19.8. The number of hydrogen-bond acceptors (Lipinski definition) is 3. The van der Waals surface area contributed by atoms with Gasteiger partial charge in [-0.2, -0.15) is 0 Å². The van der Waals surface area contributed by atoms with Gasteiger partial charge in [0.15, 0.2) is 5.78 Å². The fourth-order valence-electron chi connectivity index (χ4n) is 2.43. The summed E-state index contributed by atoms with van der Waals surface area (Å²) < 4.78 is 0. The molecule has 1 aliphatic rings. The van der Waals surface area contributed by atoms with Crippen LogP contribution in [0.5, 0.6) is 0 Å². The van der Waals surface area contributed by atoms with Gasteiger partial charge >= 0.3 is 0 Å². The highest BCUT2D eigenvalue weighted by atomic mass is 31.0. The Balaban J connectivity index is 2.79. The molecule has 1 fully saturated rings. The molecule has 1 N–H and O–H groups in total. The Labute approximate surface area is 102 Å². The summed E-state index contributed by atoms with van der Waals surface area (Å²) in [6.45, 7) is 10.1. The van der Waals surface area contributed by atoms with E-state index in [1.54, 1.807) is 0 Å². The van der Waals surface area contributed by atoms with Crippen LogP contribution < -0.4 is 5.09 Å². The van der Waals surface area contributed by atoms with Gasteiger partial charge in [0.25, 0.3) is 0 Å². The van der Waals surface area contributed by atoms with Crippen LogP contribution in [0.3, 0.4) is 0 Å². The van der Waals surface area contributed by atoms with Gasteiger partial charge in [0, 0.05) is 0 Å². The summed E-state index contributed by atoms with van der Waals surface area (Å²) in [5.74, 6) is 0.261. The second-order valence-electron chi connectivity index (χ2n) is 5.71.